The molecule has 2 rings (SSSR count). The Balaban J connectivity index is 2.51. The summed E-state index contributed by atoms with van der Waals surface area (Å²) >= 11 is 7.61. The third-order valence-corrected chi connectivity index (χ3v) is 5.62. The molecule has 1 heterocycles. The zero-order valence-electron chi connectivity index (χ0n) is 8.14. The standard InChI is InChI=1S/C11H4Br2F2OS/c12-6-4-17-11(8(6)13)10(16)5-2-1-3-7(14)9(5)15/h1-4H. The highest BCUT2D eigenvalue weighted by Gasteiger charge is 2.21. The number of halogens is 4. The second-order valence-corrected chi connectivity index (χ2v) is 5.68. The van der Waals surface area contributed by atoms with Crippen molar-refractivity contribution in [1.82, 2.24) is 0 Å². The van der Waals surface area contributed by atoms with Crippen molar-refractivity contribution in [2.24, 2.45) is 0 Å². The Bertz CT molecular complexity index is 595. The summed E-state index contributed by atoms with van der Waals surface area (Å²) in [5, 5.41) is 1.70. The minimum atomic E-state index is -1.12. The summed E-state index contributed by atoms with van der Waals surface area (Å²) in [6.45, 7) is 0. The molecule has 0 fully saturated rings. The molecule has 0 aliphatic rings. The molecule has 2 aromatic rings. The zero-order chi connectivity index (χ0) is 12.6. The number of benzene rings is 1. The third-order valence-electron chi connectivity index (χ3n) is 2.09. The van der Waals surface area contributed by atoms with E-state index in [-0.39, 0.29) is 5.56 Å². The summed E-state index contributed by atoms with van der Waals surface area (Å²) in [6.07, 6.45) is 0. The van der Waals surface area contributed by atoms with Crippen molar-refractivity contribution in [2.45, 2.75) is 0 Å². The number of hydrogen-bond acceptors (Lipinski definition) is 2. The van der Waals surface area contributed by atoms with Crippen LogP contribution in [0, 0.1) is 11.6 Å². The van der Waals surface area contributed by atoms with Gasteiger partial charge in [-0.25, -0.2) is 8.78 Å². The quantitative estimate of drug-likeness (QED) is 0.684. The van der Waals surface area contributed by atoms with Gasteiger partial charge in [-0.15, -0.1) is 11.3 Å². The molecule has 6 heteroatoms. The molecule has 0 saturated heterocycles. The highest BCUT2D eigenvalue weighted by molar-refractivity contribution is 9.13. The Morgan fingerprint density at radius 1 is 1.24 bits per heavy atom. The van der Waals surface area contributed by atoms with Crippen molar-refractivity contribution in [3.63, 3.8) is 0 Å². The summed E-state index contributed by atoms with van der Waals surface area (Å²) in [7, 11) is 0. The minimum absolute atomic E-state index is 0.264. The average molecular weight is 382 g/mol. The molecule has 0 spiro atoms. The van der Waals surface area contributed by atoms with E-state index < -0.39 is 17.4 Å². The van der Waals surface area contributed by atoms with Gasteiger partial charge in [0.15, 0.2) is 11.6 Å². The van der Waals surface area contributed by atoms with Crippen LogP contribution >= 0.6 is 43.2 Å². The van der Waals surface area contributed by atoms with Crippen molar-refractivity contribution >= 4 is 49.0 Å². The van der Waals surface area contributed by atoms with Crippen molar-refractivity contribution in [3.8, 4) is 0 Å². The molecule has 0 aliphatic heterocycles. The van der Waals surface area contributed by atoms with Crippen LogP contribution in [0.3, 0.4) is 0 Å². The fourth-order valence-electron chi connectivity index (χ4n) is 1.28. The molecular formula is C11H4Br2F2OS. The second-order valence-electron chi connectivity index (χ2n) is 3.16. The highest BCUT2D eigenvalue weighted by atomic mass is 79.9. The maximum Gasteiger partial charge on any atom is 0.207 e. The third kappa shape index (κ3) is 2.34. The second kappa shape index (κ2) is 4.96. The van der Waals surface area contributed by atoms with Gasteiger partial charge < -0.3 is 0 Å². The summed E-state index contributed by atoms with van der Waals surface area (Å²) in [4.78, 5) is 12.3. The van der Waals surface area contributed by atoms with E-state index in [1.54, 1.807) is 5.38 Å². The van der Waals surface area contributed by atoms with Crippen LogP contribution in [0.4, 0.5) is 8.78 Å². The molecule has 0 radical (unpaired) electrons. The lowest BCUT2D eigenvalue weighted by molar-refractivity contribution is 0.103. The number of ketones is 1. The van der Waals surface area contributed by atoms with Gasteiger partial charge in [0.1, 0.15) is 0 Å². The molecular weight excluding hydrogens is 378 g/mol. The predicted octanol–water partition coefficient (Wildman–Crippen LogP) is 4.78. The van der Waals surface area contributed by atoms with Crippen LogP contribution in [-0.4, -0.2) is 5.78 Å². The summed E-state index contributed by atoms with van der Waals surface area (Å²) in [6, 6.07) is 3.55. The molecule has 0 saturated carbocycles. The number of rotatable bonds is 2. The van der Waals surface area contributed by atoms with Gasteiger partial charge in [-0.05, 0) is 44.0 Å². The molecule has 1 nitrogen and oxygen atoms in total. The largest absolute Gasteiger partial charge is 0.288 e. The molecule has 88 valence electrons. The smallest absolute Gasteiger partial charge is 0.207 e. The van der Waals surface area contributed by atoms with E-state index in [9.17, 15) is 13.6 Å². The van der Waals surface area contributed by atoms with Gasteiger partial charge in [0, 0.05) is 9.85 Å². The first kappa shape index (κ1) is 12.9. The fourth-order valence-corrected chi connectivity index (χ4v) is 3.38. The van der Waals surface area contributed by atoms with E-state index >= 15 is 0 Å². The molecule has 0 atom stereocenters. The monoisotopic (exact) mass is 380 g/mol. The normalized spacial score (nSPS) is 10.6. The van der Waals surface area contributed by atoms with E-state index in [4.69, 9.17) is 0 Å². The van der Waals surface area contributed by atoms with Gasteiger partial charge in [-0.2, -0.15) is 0 Å². The molecule has 0 aliphatic carbocycles. The van der Waals surface area contributed by atoms with Crippen molar-refractivity contribution < 1.29 is 13.6 Å². The van der Waals surface area contributed by atoms with Gasteiger partial charge in [-0.1, -0.05) is 6.07 Å². The first-order valence-corrected chi connectivity index (χ1v) is 6.90. The SMILES string of the molecule is O=C(c1cccc(F)c1F)c1scc(Br)c1Br. The minimum Gasteiger partial charge on any atom is -0.288 e. The molecule has 0 bridgehead atoms. The summed E-state index contributed by atoms with van der Waals surface area (Å²) < 4.78 is 27.7. The predicted molar refractivity (Wildman–Crippen MR) is 69.5 cm³/mol. The molecule has 0 N–H and O–H groups in total. The van der Waals surface area contributed by atoms with Crippen LogP contribution in [0.1, 0.15) is 15.2 Å². The van der Waals surface area contributed by atoms with Crippen molar-refractivity contribution in [3.05, 3.63) is 54.6 Å². The van der Waals surface area contributed by atoms with E-state index in [0.29, 0.717) is 13.8 Å². The molecule has 0 amide bonds. The molecule has 17 heavy (non-hydrogen) atoms. The van der Waals surface area contributed by atoms with Crippen LogP contribution in [0.2, 0.25) is 0 Å². The van der Waals surface area contributed by atoms with Gasteiger partial charge in [0.2, 0.25) is 5.78 Å². The van der Waals surface area contributed by atoms with E-state index in [1.165, 1.54) is 12.1 Å². The first-order chi connectivity index (χ1) is 8.02. The topological polar surface area (TPSA) is 17.1 Å². The van der Waals surface area contributed by atoms with Crippen LogP contribution in [0.25, 0.3) is 0 Å². The van der Waals surface area contributed by atoms with Gasteiger partial charge in [0.05, 0.1) is 14.9 Å². The first-order valence-electron chi connectivity index (χ1n) is 4.43. The van der Waals surface area contributed by atoms with E-state index in [2.05, 4.69) is 31.9 Å². The number of carbonyl (C=O) groups is 1. The van der Waals surface area contributed by atoms with Crippen LogP contribution < -0.4 is 0 Å². The molecule has 1 aromatic heterocycles. The lowest BCUT2D eigenvalue weighted by atomic mass is 10.1. The summed E-state index contributed by atoms with van der Waals surface area (Å²) in [5.41, 5.74) is -0.264. The lowest BCUT2D eigenvalue weighted by Crippen LogP contribution is -2.04. The highest BCUT2D eigenvalue weighted by Crippen LogP contribution is 2.34. The summed E-state index contributed by atoms with van der Waals surface area (Å²) in [5.74, 6) is -2.68. The van der Waals surface area contributed by atoms with Gasteiger partial charge in [-0.3, -0.25) is 4.79 Å². The Hall–Kier alpha value is -0.590. The Kier molecular flexibility index (Phi) is 3.75. The van der Waals surface area contributed by atoms with E-state index in [0.717, 1.165) is 17.4 Å². The van der Waals surface area contributed by atoms with E-state index in [1.807, 2.05) is 0 Å². The van der Waals surface area contributed by atoms with Gasteiger partial charge in [0.25, 0.3) is 0 Å². The number of carbonyl (C=O) groups excluding carboxylic acids is 1. The lowest BCUT2D eigenvalue weighted by Gasteiger charge is -2.01. The number of thiophene rings is 1. The molecule has 1 aromatic carbocycles. The maximum atomic E-state index is 13.5. The van der Waals surface area contributed by atoms with Crippen LogP contribution in [-0.2, 0) is 0 Å². The Morgan fingerprint density at radius 2 is 1.94 bits per heavy atom. The van der Waals surface area contributed by atoms with Gasteiger partial charge >= 0.3 is 0 Å². The zero-order valence-corrected chi connectivity index (χ0v) is 12.1. The number of hydrogen-bond donors (Lipinski definition) is 0. The molecule has 0 unspecified atom stereocenters. The fraction of sp³-hybridized carbons (Fsp3) is 0. The van der Waals surface area contributed by atoms with Crippen LogP contribution in [0.5, 0.6) is 0 Å². The Labute approximate surface area is 117 Å². The van der Waals surface area contributed by atoms with Crippen LogP contribution in [0.15, 0.2) is 32.5 Å². The average Bonchev–Trinajstić information content (AvgIpc) is 2.63. The Morgan fingerprint density at radius 3 is 2.53 bits per heavy atom. The van der Waals surface area contributed by atoms with Crippen molar-refractivity contribution in [1.29, 1.82) is 0 Å². The maximum absolute atomic E-state index is 13.5. The van der Waals surface area contributed by atoms with Crippen molar-refractivity contribution in [2.75, 3.05) is 0 Å².